The minimum Gasteiger partial charge on any atom is -0.391 e. The molecular formula is C50H56F4N10O7S2. The second kappa shape index (κ2) is 21.9. The fourth-order valence-corrected chi connectivity index (χ4v) is 10.4. The maximum atomic E-state index is 15.5. The molecule has 3 aliphatic heterocycles. The van der Waals surface area contributed by atoms with Crippen LogP contribution in [0.25, 0.3) is 10.4 Å². The van der Waals surface area contributed by atoms with E-state index < -0.39 is 81.6 Å². The van der Waals surface area contributed by atoms with E-state index in [1.54, 1.807) is 49.8 Å². The number of anilines is 3. The number of unbranched alkanes of at least 4 members (excludes halogenated alkanes) is 1. The summed E-state index contributed by atoms with van der Waals surface area (Å²) in [6.45, 7) is 11.8. The minimum atomic E-state index is -5.22. The molecule has 7 rings (SSSR count). The number of halogens is 4. The first-order valence-corrected chi connectivity index (χ1v) is 24.8. The van der Waals surface area contributed by atoms with Gasteiger partial charge in [0.15, 0.2) is 10.9 Å². The number of nitrogens with one attached hydrogen (secondary N) is 2. The van der Waals surface area contributed by atoms with Crippen LogP contribution in [-0.2, 0) is 41.4 Å². The predicted molar refractivity (Wildman–Crippen MR) is 267 cm³/mol. The van der Waals surface area contributed by atoms with Gasteiger partial charge in [0.2, 0.25) is 23.6 Å². The Labute approximate surface area is 429 Å². The fraction of sp³-hybridized carbons (Fsp3) is 0.460. The predicted octanol–water partition coefficient (Wildman–Crippen LogP) is 5.71. The number of nitriles is 1. The lowest BCUT2D eigenvalue weighted by molar-refractivity contribution is -0.144. The van der Waals surface area contributed by atoms with Gasteiger partial charge in [-0.15, -0.1) is 11.3 Å². The molecule has 2 aromatic carbocycles. The van der Waals surface area contributed by atoms with Crippen LogP contribution >= 0.6 is 23.6 Å². The van der Waals surface area contributed by atoms with Gasteiger partial charge >= 0.3 is 6.18 Å². The third-order valence-corrected chi connectivity index (χ3v) is 14.3. The molecule has 5 amide bonds. The first-order valence-electron chi connectivity index (χ1n) is 23.5. The van der Waals surface area contributed by atoms with Crippen molar-refractivity contribution in [2.24, 2.45) is 5.41 Å². The summed E-state index contributed by atoms with van der Waals surface area (Å²) < 4.78 is 62.5. The van der Waals surface area contributed by atoms with E-state index in [1.807, 2.05) is 36.1 Å². The number of nitrogens with zero attached hydrogens (tertiary/aromatic N) is 8. The number of carbonyl (C=O) groups is 5. The average molecular weight is 1050 g/mol. The molecule has 73 heavy (non-hydrogen) atoms. The van der Waals surface area contributed by atoms with Gasteiger partial charge in [0.25, 0.3) is 5.91 Å². The van der Waals surface area contributed by atoms with Crippen LogP contribution in [0.5, 0.6) is 0 Å². The Kier molecular flexibility index (Phi) is 16.3. The maximum Gasteiger partial charge on any atom is 0.420 e. The van der Waals surface area contributed by atoms with Crippen molar-refractivity contribution in [3.63, 3.8) is 0 Å². The molecule has 0 bridgehead atoms. The Morgan fingerprint density at radius 1 is 1.04 bits per heavy atom. The van der Waals surface area contributed by atoms with Crippen molar-refractivity contribution < 1.29 is 51.4 Å². The molecule has 0 unspecified atom stereocenters. The summed E-state index contributed by atoms with van der Waals surface area (Å²) in [5.41, 5.74) is -0.854. The number of carbonyl (C=O) groups excluding carboxylic acids is 5. The highest BCUT2D eigenvalue weighted by molar-refractivity contribution is 7.81. The molecule has 3 fully saturated rings. The molecule has 3 aliphatic rings. The average Bonchev–Trinajstić information content (AvgIpc) is 4.00. The molecule has 3 saturated heterocycles. The van der Waals surface area contributed by atoms with Crippen LogP contribution in [0.3, 0.4) is 0 Å². The van der Waals surface area contributed by atoms with Crippen molar-refractivity contribution in [2.45, 2.75) is 97.3 Å². The van der Waals surface area contributed by atoms with Crippen LogP contribution in [0.2, 0.25) is 0 Å². The van der Waals surface area contributed by atoms with Gasteiger partial charge in [-0.25, -0.2) is 14.4 Å². The molecule has 2 aromatic heterocycles. The molecule has 388 valence electrons. The van der Waals surface area contributed by atoms with Gasteiger partial charge in [0.1, 0.15) is 35.6 Å². The molecular weight excluding hydrogens is 993 g/mol. The number of aliphatic hydroxyl groups excluding tert-OH is 1. The number of amides is 5. The maximum absolute atomic E-state index is 15.5. The topological polar surface area (TPSA) is 205 Å². The lowest BCUT2D eigenvalue weighted by atomic mass is 9.85. The van der Waals surface area contributed by atoms with Gasteiger partial charge in [-0.05, 0) is 93.2 Å². The molecule has 17 nitrogen and oxygen atoms in total. The number of hydrogen-bond acceptors (Lipinski definition) is 13. The molecule has 0 radical (unpaired) electrons. The standard InChI is InChI=1S/C50H56F4N10O7S2/c1-29-42(73-28-58-29)31-11-9-30(10-12-31)23-57-44(68)36-21-34(65)25-62(36)45(69)43(48(2,3)4)59-38(66)27-71-20-8-7-17-60-18-19-61(39(67)26-60)37-16-14-33(24-56-37)64-47(72)63(46(70)49(64,5)6)35-15-13-32(22-55)40(41(35)51)50(52,53)54/h9-16,24,28,34,36,43,65H,7-8,17-21,23,25-27H2,1-6H3,(H,57,68)(H,59,66)/t34-,36+,43-/m1/s1. The number of β-amino-alcohol motifs (C(OH)–C–C–N with tert-alkyl or cyclic N) is 1. The number of aliphatic hydroxyl groups is 1. The normalized spacial score (nSPS) is 18.8. The lowest BCUT2D eigenvalue weighted by Crippen LogP contribution is -2.58. The Balaban J connectivity index is 0.847. The highest BCUT2D eigenvalue weighted by Crippen LogP contribution is 2.42. The Hall–Kier alpha value is -6.45. The smallest absolute Gasteiger partial charge is 0.391 e. The largest absolute Gasteiger partial charge is 0.420 e. The summed E-state index contributed by atoms with van der Waals surface area (Å²) in [7, 11) is 0. The zero-order valence-electron chi connectivity index (χ0n) is 41.1. The number of pyridine rings is 1. The molecule has 3 atom stereocenters. The van der Waals surface area contributed by atoms with Crippen LogP contribution in [0.15, 0.2) is 60.2 Å². The van der Waals surface area contributed by atoms with Crippen LogP contribution < -0.4 is 25.3 Å². The van der Waals surface area contributed by atoms with E-state index in [9.17, 15) is 47.5 Å². The van der Waals surface area contributed by atoms with E-state index in [-0.39, 0.29) is 56.0 Å². The fourth-order valence-electron chi connectivity index (χ4n) is 9.06. The van der Waals surface area contributed by atoms with Crippen LogP contribution in [-0.4, -0.2) is 129 Å². The lowest BCUT2D eigenvalue weighted by Gasteiger charge is -2.35. The number of alkyl halides is 3. The third kappa shape index (κ3) is 11.8. The third-order valence-electron chi connectivity index (χ3n) is 13.0. The molecule has 0 aliphatic carbocycles. The number of thiocarbonyl (C=S) groups is 1. The van der Waals surface area contributed by atoms with Gasteiger partial charge in [-0.1, -0.05) is 45.0 Å². The van der Waals surface area contributed by atoms with E-state index in [4.69, 9.17) is 17.0 Å². The van der Waals surface area contributed by atoms with Crippen molar-refractivity contribution in [1.29, 1.82) is 5.26 Å². The van der Waals surface area contributed by atoms with E-state index in [1.165, 1.54) is 40.8 Å². The van der Waals surface area contributed by atoms with Crippen molar-refractivity contribution in [2.75, 3.05) is 60.6 Å². The second-order valence-electron chi connectivity index (χ2n) is 19.6. The number of benzene rings is 2. The zero-order chi connectivity index (χ0) is 53.2. The monoisotopic (exact) mass is 1050 g/mol. The molecule has 4 aromatic rings. The number of aromatic nitrogens is 2. The highest BCUT2D eigenvalue weighted by Gasteiger charge is 2.52. The first-order chi connectivity index (χ1) is 34.4. The van der Waals surface area contributed by atoms with Crippen molar-refractivity contribution in [1.82, 2.24) is 30.4 Å². The first kappa shape index (κ1) is 54.3. The summed E-state index contributed by atoms with van der Waals surface area (Å²) in [6.07, 6.45) is -3.49. The molecule has 0 spiro atoms. The van der Waals surface area contributed by atoms with Crippen molar-refractivity contribution >= 4 is 75.4 Å². The van der Waals surface area contributed by atoms with Crippen molar-refractivity contribution in [3.8, 4) is 16.5 Å². The number of aryl methyl sites for hydroxylation is 1. The van der Waals surface area contributed by atoms with Gasteiger partial charge < -0.3 is 30.3 Å². The van der Waals surface area contributed by atoms with Crippen LogP contribution in [0.1, 0.15) is 76.3 Å². The van der Waals surface area contributed by atoms with Gasteiger partial charge in [0.05, 0.1) is 57.9 Å². The Morgan fingerprint density at radius 3 is 2.38 bits per heavy atom. The van der Waals surface area contributed by atoms with E-state index in [0.29, 0.717) is 43.2 Å². The number of rotatable bonds is 16. The van der Waals surface area contributed by atoms with Gasteiger partial charge in [-0.2, -0.15) is 18.4 Å². The summed E-state index contributed by atoms with van der Waals surface area (Å²) in [6, 6.07) is 11.9. The van der Waals surface area contributed by atoms with Gasteiger partial charge in [-0.3, -0.25) is 38.7 Å². The Bertz CT molecular complexity index is 2800. The minimum absolute atomic E-state index is 0.0577. The number of hydrogen-bond donors (Lipinski definition) is 3. The zero-order valence-corrected chi connectivity index (χ0v) is 42.7. The number of thiazole rings is 1. The molecule has 23 heteroatoms. The second-order valence-corrected chi connectivity index (χ2v) is 20.9. The summed E-state index contributed by atoms with van der Waals surface area (Å²) in [5, 5.41) is 25.2. The van der Waals surface area contributed by atoms with E-state index in [2.05, 4.69) is 20.6 Å². The number of piperazine rings is 1. The summed E-state index contributed by atoms with van der Waals surface area (Å²) in [4.78, 5) is 84.2. The van der Waals surface area contributed by atoms with E-state index >= 15 is 4.39 Å². The summed E-state index contributed by atoms with van der Waals surface area (Å²) in [5.74, 6) is -3.94. The Morgan fingerprint density at radius 2 is 1.77 bits per heavy atom. The molecule has 0 saturated carbocycles. The van der Waals surface area contributed by atoms with Crippen LogP contribution in [0, 0.1) is 29.5 Å². The number of ether oxygens (including phenoxy) is 1. The summed E-state index contributed by atoms with van der Waals surface area (Å²) >= 11 is 7.08. The molecule has 5 heterocycles. The number of likely N-dealkylation sites (tertiary alicyclic amines) is 1. The molecule has 3 N–H and O–H groups in total. The van der Waals surface area contributed by atoms with Crippen molar-refractivity contribution in [3.05, 3.63) is 88.4 Å². The van der Waals surface area contributed by atoms with Crippen LogP contribution in [0.4, 0.5) is 34.8 Å². The quantitative estimate of drug-likeness (QED) is 0.0700. The SMILES string of the molecule is Cc1ncsc1-c1ccc(CNC(=O)[C@@H]2C[C@@H](O)CN2C(=O)[C@@H](NC(=O)COCCCCN2CCN(c3ccc(N4C(=S)N(c5ccc(C#N)c(C(F)(F)F)c5F)C(=O)C4(C)C)cn3)C(=O)C2)C(C)(C)C)cc1. The van der Waals surface area contributed by atoms with E-state index in [0.717, 1.165) is 33.8 Å². The van der Waals surface area contributed by atoms with Gasteiger partial charge in [0, 0.05) is 39.2 Å². The highest BCUT2D eigenvalue weighted by atomic mass is 32.1.